The van der Waals surface area contributed by atoms with Gasteiger partial charge >= 0.3 is 0 Å². The number of aromatic nitrogens is 1. The van der Waals surface area contributed by atoms with Gasteiger partial charge in [-0.05, 0) is 18.7 Å². The van der Waals surface area contributed by atoms with Crippen LogP contribution in [0.25, 0.3) is 21.8 Å². The largest absolute Gasteiger partial charge is 0.382 e. The molecule has 1 heterocycles. The van der Waals surface area contributed by atoms with E-state index in [2.05, 4.69) is 15.6 Å². The zero-order valence-electron chi connectivity index (χ0n) is 12.9. The van der Waals surface area contributed by atoms with Crippen molar-refractivity contribution in [3.63, 3.8) is 0 Å². The number of para-hydroxylation sites is 1. The van der Waals surface area contributed by atoms with Gasteiger partial charge in [0.25, 0.3) is 5.69 Å². The number of nitrogens with zero attached hydrogens (tertiary/aromatic N) is 2. The Bertz CT molecular complexity index is 864. The normalized spacial score (nSPS) is 11.0. The minimum atomic E-state index is -0.353. The first-order valence-corrected chi connectivity index (χ1v) is 7.63. The van der Waals surface area contributed by atoms with E-state index in [0.29, 0.717) is 17.4 Å². The third-order valence-electron chi connectivity index (χ3n) is 3.74. The van der Waals surface area contributed by atoms with Crippen molar-refractivity contribution in [2.75, 3.05) is 25.0 Å². The second-order valence-corrected chi connectivity index (χ2v) is 5.21. The smallest absolute Gasteiger partial charge is 0.280 e. The number of hydrogen-bond donors (Lipinski definition) is 2. The Kier molecular flexibility index (Phi) is 4.34. The van der Waals surface area contributed by atoms with Crippen LogP contribution in [0.5, 0.6) is 0 Å². The quantitative estimate of drug-likeness (QED) is 0.316. The summed E-state index contributed by atoms with van der Waals surface area (Å²) in [5.74, 6) is 0. The first-order valence-electron chi connectivity index (χ1n) is 7.63. The lowest BCUT2D eigenvalue weighted by atomic mass is 10.1. The van der Waals surface area contributed by atoms with Crippen molar-refractivity contribution in [2.45, 2.75) is 6.92 Å². The van der Waals surface area contributed by atoms with Crippen LogP contribution in [0.15, 0.2) is 42.5 Å². The third kappa shape index (κ3) is 2.93. The van der Waals surface area contributed by atoms with E-state index in [-0.39, 0.29) is 10.6 Å². The summed E-state index contributed by atoms with van der Waals surface area (Å²) in [5.41, 5.74) is 2.30. The fourth-order valence-corrected chi connectivity index (χ4v) is 2.71. The molecule has 0 fully saturated rings. The molecule has 6 nitrogen and oxygen atoms in total. The van der Waals surface area contributed by atoms with Crippen LogP contribution >= 0.6 is 0 Å². The zero-order valence-corrected chi connectivity index (χ0v) is 12.9. The molecule has 0 atom stereocenters. The molecule has 0 amide bonds. The number of fused-ring (bicyclic) bond motifs is 2. The Morgan fingerprint density at radius 1 is 1.09 bits per heavy atom. The van der Waals surface area contributed by atoms with E-state index in [1.165, 1.54) is 6.07 Å². The highest BCUT2D eigenvalue weighted by Crippen LogP contribution is 2.36. The van der Waals surface area contributed by atoms with Crippen molar-refractivity contribution in [3.05, 3.63) is 52.6 Å². The topological polar surface area (TPSA) is 80.1 Å². The van der Waals surface area contributed by atoms with Crippen molar-refractivity contribution in [1.82, 2.24) is 10.3 Å². The molecule has 0 radical (unpaired) electrons. The van der Waals surface area contributed by atoms with Gasteiger partial charge in [0.05, 0.1) is 21.6 Å². The molecule has 0 aliphatic carbocycles. The van der Waals surface area contributed by atoms with Gasteiger partial charge in [0, 0.05) is 24.5 Å². The lowest BCUT2D eigenvalue weighted by Crippen LogP contribution is -2.21. The number of hydrogen-bond acceptors (Lipinski definition) is 5. The van der Waals surface area contributed by atoms with E-state index in [4.69, 9.17) is 0 Å². The third-order valence-corrected chi connectivity index (χ3v) is 3.74. The number of nitro groups is 1. The molecular formula is C17H18N4O2. The molecule has 0 saturated heterocycles. The summed E-state index contributed by atoms with van der Waals surface area (Å²) in [5, 5.41) is 19.5. The molecule has 23 heavy (non-hydrogen) atoms. The molecular weight excluding hydrogens is 292 g/mol. The summed E-state index contributed by atoms with van der Waals surface area (Å²) in [7, 11) is 0. The number of pyridine rings is 1. The number of benzene rings is 2. The van der Waals surface area contributed by atoms with Crippen molar-refractivity contribution < 1.29 is 4.92 Å². The molecule has 0 saturated carbocycles. The second-order valence-electron chi connectivity index (χ2n) is 5.21. The van der Waals surface area contributed by atoms with E-state index in [0.717, 1.165) is 29.7 Å². The van der Waals surface area contributed by atoms with Crippen LogP contribution in [0.4, 0.5) is 11.4 Å². The van der Waals surface area contributed by atoms with Crippen molar-refractivity contribution >= 4 is 33.2 Å². The van der Waals surface area contributed by atoms with Crippen LogP contribution < -0.4 is 10.6 Å². The van der Waals surface area contributed by atoms with Crippen LogP contribution in [-0.2, 0) is 0 Å². The average Bonchev–Trinajstić information content (AvgIpc) is 2.57. The molecule has 0 aliphatic rings. The van der Waals surface area contributed by atoms with Crippen LogP contribution in [0.3, 0.4) is 0 Å². The van der Waals surface area contributed by atoms with Gasteiger partial charge in [-0.25, -0.2) is 4.98 Å². The zero-order chi connectivity index (χ0) is 16.2. The van der Waals surface area contributed by atoms with Gasteiger partial charge < -0.3 is 10.6 Å². The van der Waals surface area contributed by atoms with Gasteiger partial charge in [0.15, 0.2) is 0 Å². The monoisotopic (exact) mass is 310 g/mol. The number of non-ortho nitro benzene ring substituents is 1. The number of likely N-dealkylation sites (N-methyl/N-ethyl adjacent to an activating group) is 1. The maximum atomic E-state index is 11.4. The fourth-order valence-electron chi connectivity index (χ4n) is 2.71. The molecule has 0 aliphatic heterocycles. The van der Waals surface area contributed by atoms with Gasteiger partial charge in [-0.3, -0.25) is 10.1 Å². The van der Waals surface area contributed by atoms with E-state index in [1.807, 2.05) is 37.3 Å². The average molecular weight is 310 g/mol. The fraction of sp³-hybridized carbons (Fsp3) is 0.235. The molecule has 3 rings (SSSR count). The van der Waals surface area contributed by atoms with Crippen LogP contribution in [-0.4, -0.2) is 29.5 Å². The van der Waals surface area contributed by atoms with Gasteiger partial charge in [-0.2, -0.15) is 0 Å². The van der Waals surface area contributed by atoms with Gasteiger partial charge in [-0.1, -0.05) is 31.2 Å². The van der Waals surface area contributed by atoms with Crippen molar-refractivity contribution in [3.8, 4) is 0 Å². The Labute approximate surface area is 133 Å². The molecule has 0 unspecified atom stereocenters. The maximum absolute atomic E-state index is 11.4. The predicted octanol–water partition coefficient (Wildman–Crippen LogP) is 3.32. The molecule has 3 aromatic rings. The van der Waals surface area contributed by atoms with E-state index in [1.54, 1.807) is 6.07 Å². The lowest BCUT2D eigenvalue weighted by molar-refractivity contribution is -0.383. The highest BCUT2D eigenvalue weighted by Gasteiger charge is 2.18. The van der Waals surface area contributed by atoms with Gasteiger partial charge in [0.2, 0.25) is 0 Å². The summed E-state index contributed by atoms with van der Waals surface area (Å²) in [6, 6.07) is 12.7. The van der Waals surface area contributed by atoms with Crippen molar-refractivity contribution in [2.24, 2.45) is 0 Å². The number of rotatable bonds is 6. The predicted molar refractivity (Wildman–Crippen MR) is 92.9 cm³/mol. The molecule has 118 valence electrons. The standard InChI is InChI=1S/C17H18N4O2/c1-2-18-10-11-19-17-12-6-3-4-7-13(12)20-14-8-5-9-15(16(14)17)21(22)23/h3-9,18H,2,10-11H2,1H3,(H,19,20). The highest BCUT2D eigenvalue weighted by atomic mass is 16.6. The molecule has 1 aromatic heterocycles. The number of nitrogens with one attached hydrogen (secondary N) is 2. The van der Waals surface area contributed by atoms with Gasteiger partial charge in [-0.15, -0.1) is 0 Å². The summed E-state index contributed by atoms with van der Waals surface area (Å²) < 4.78 is 0. The van der Waals surface area contributed by atoms with Crippen LogP contribution in [0.1, 0.15) is 6.92 Å². The molecule has 0 bridgehead atoms. The van der Waals surface area contributed by atoms with Gasteiger partial charge in [0.1, 0.15) is 5.39 Å². The summed E-state index contributed by atoms with van der Waals surface area (Å²) in [4.78, 5) is 15.6. The number of nitro benzene ring substituents is 1. The minimum Gasteiger partial charge on any atom is -0.382 e. The van der Waals surface area contributed by atoms with E-state index in [9.17, 15) is 10.1 Å². The number of anilines is 1. The SMILES string of the molecule is CCNCCNc1c2ccccc2nc2cccc([N+](=O)[O-])c12. The first kappa shape index (κ1) is 15.2. The minimum absolute atomic E-state index is 0.0757. The van der Waals surface area contributed by atoms with Crippen LogP contribution in [0, 0.1) is 10.1 Å². The maximum Gasteiger partial charge on any atom is 0.280 e. The summed E-state index contributed by atoms with van der Waals surface area (Å²) in [6.45, 7) is 4.40. The highest BCUT2D eigenvalue weighted by molar-refractivity contribution is 6.11. The summed E-state index contributed by atoms with van der Waals surface area (Å²) >= 11 is 0. The lowest BCUT2D eigenvalue weighted by Gasteiger charge is -2.13. The van der Waals surface area contributed by atoms with E-state index < -0.39 is 0 Å². The summed E-state index contributed by atoms with van der Waals surface area (Å²) in [6.07, 6.45) is 0. The molecule has 2 aromatic carbocycles. The molecule has 0 spiro atoms. The second kappa shape index (κ2) is 6.58. The first-order chi connectivity index (χ1) is 11.2. The Morgan fingerprint density at radius 2 is 1.87 bits per heavy atom. The molecule has 6 heteroatoms. The molecule has 2 N–H and O–H groups in total. The Hall–Kier alpha value is -2.73. The van der Waals surface area contributed by atoms with Crippen molar-refractivity contribution in [1.29, 1.82) is 0 Å². The van der Waals surface area contributed by atoms with Crippen LogP contribution in [0.2, 0.25) is 0 Å². The Morgan fingerprint density at radius 3 is 2.65 bits per heavy atom. The Balaban J connectivity index is 2.22. The van der Waals surface area contributed by atoms with E-state index >= 15 is 0 Å².